The van der Waals surface area contributed by atoms with Gasteiger partial charge in [0, 0.05) is 24.0 Å². The normalized spacial score (nSPS) is 10.7. The summed E-state index contributed by atoms with van der Waals surface area (Å²) in [6, 6.07) is 10.1. The van der Waals surface area contributed by atoms with E-state index in [-0.39, 0.29) is 56.5 Å². The summed E-state index contributed by atoms with van der Waals surface area (Å²) in [5.41, 5.74) is 1.24. The van der Waals surface area contributed by atoms with Crippen LogP contribution >= 0.6 is 34.8 Å². The van der Waals surface area contributed by atoms with Crippen molar-refractivity contribution >= 4 is 46.4 Å². The zero-order chi connectivity index (χ0) is 23.4. The fourth-order valence-corrected chi connectivity index (χ4v) is 3.85. The molecule has 166 valence electrons. The van der Waals surface area contributed by atoms with E-state index in [0.29, 0.717) is 17.0 Å². The number of ether oxygens (including phenoxy) is 2. The first kappa shape index (κ1) is 24.0. The number of carbonyl (C=O) groups excluding carboxylic acids is 2. The number of benzene rings is 2. The van der Waals surface area contributed by atoms with E-state index in [1.807, 2.05) is 0 Å². The first-order valence-electron chi connectivity index (χ1n) is 9.35. The maximum Gasteiger partial charge on any atom is 0.181 e. The number of nitrogens with zero attached hydrogens (tertiary/aromatic N) is 1. The first-order valence-corrected chi connectivity index (χ1v) is 10.5. The number of aromatic nitrogens is 1. The van der Waals surface area contributed by atoms with Gasteiger partial charge in [0.25, 0.3) is 0 Å². The predicted molar refractivity (Wildman–Crippen MR) is 122 cm³/mol. The van der Waals surface area contributed by atoms with Gasteiger partial charge in [0.15, 0.2) is 17.3 Å². The largest absolute Gasteiger partial charge is 0.494 e. The molecule has 0 unspecified atom stereocenters. The molecule has 9 heteroatoms. The Hall–Kier alpha value is -2.67. The highest BCUT2D eigenvalue weighted by Crippen LogP contribution is 2.34. The van der Waals surface area contributed by atoms with Crippen LogP contribution in [-0.4, -0.2) is 30.8 Å². The second kappa shape index (κ2) is 10.3. The summed E-state index contributed by atoms with van der Waals surface area (Å²) in [6.45, 7) is 0. The number of halogens is 4. The van der Waals surface area contributed by atoms with Crippen molar-refractivity contribution in [2.24, 2.45) is 0 Å². The van der Waals surface area contributed by atoms with E-state index in [4.69, 9.17) is 44.3 Å². The van der Waals surface area contributed by atoms with E-state index in [1.54, 1.807) is 6.07 Å². The second-order valence-corrected chi connectivity index (χ2v) is 7.92. The van der Waals surface area contributed by atoms with Crippen molar-refractivity contribution < 1.29 is 23.5 Å². The number of hydrogen-bond donors (Lipinski definition) is 0. The van der Waals surface area contributed by atoms with Gasteiger partial charge in [0.1, 0.15) is 23.0 Å². The minimum absolute atomic E-state index is 0.0662. The van der Waals surface area contributed by atoms with Crippen molar-refractivity contribution in [3.05, 3.63) is 74.6 Å². The Morgan fingerprint density at radius 2 is 1.53 bits per heavy atom. The Kier molecular flexibility index (Phi) is 7.72. The Morgan fingerprint density at radius 1 is 0.875 bits per heavy atom. The smallest absolute Gasteiger partial charge is 0.181 e. The molecule has 1 aromatic heterocycles. The molecule has 5 nitrogen and oxygen atoms in total. The summed E-state index contributed by atoms with van der Waals surface area (Å²) in [5.74, 6) is -0.552. The minimum Gasteiger partial charge on any atom is -0.494 e. The highest BCUT2D eigenvalue weighted by Gasteiger charge is 2.18. The molecule has 0 N–H and O–H groups in total. The number of Topliss-reactive ketones (excluding diaryl/α,β-unsaturated/α-hetero) is 2. The quantitative estimate of drug-likeness (QED) is 0.324. The molecule has 2 aromatic carbocycles. The lowest BCUT2D eigenvalue weighted by Gasteiger charge is -2.11. The lowest BCUT2D eigenvalue weighted by molar-refractivity contribution is 0.0915. The van der Waals surface area contributed by atoms with Gasteiger partial charge >= 0.3 is 0 Å². The molecule has 0 amide bonds. The van der Waals surface area contributed by atoms with Gasteiger partial charge in [-0.3, -0.25) is 9.59 Å². The SMILES string of the molecule is COc1ccc(C(=O)CCC(=O)c2cc(Cl)c(OC)c(Cl)c2)nc1-c1ccc(F)c(Cl)c1. The average molecular weight is 497 g/mol. The van der Waals surface area contributed by atoms with Crippen molar-refractivity contribution in [2.45, 2.75) is 12.8 Å². The summed E-state index contributed by atoms with van der Waals surface area (Å²) >= 11 is 18.0. The van der Waals surface area contributed by atoms with Crippen LogP contribution in [0.1, 0.15) is 33.7 Å². The van der Waals surface area contributed by atoms with Gasteiger partial charge < -0.3 is 9.47 Å². The van der Waals surface area contributed by atoms with Gasteiger partial charge in [-0.1, -0.05) is 34.8 Å². The number of hydrogen-bond acceptors (Lipinski definition) is 5. The van der Waals surface area contributed by atoms with E-state index < -0.39 is 5.82 Å². The van der Waals surface area contributed by atoms with E-state index in [0.717, 1.165) is 0 Å². The second-order valence-electron chi connectivity index (χ2n) is 6.70. The number of pyridine rings is 1. The summed E-state index contributed by atoms with van der Waals surface area (Å²) in [7, 11) is 2.88. The molecule has 0 spiro atoms. The number of rotatable bonds is 8. The summed E-state index contributed by atoms with van der Waals surface area (Å²) in [6.07, 6.45) is -0.147. The van der Waals surface area contributed by atoms with Crippen LogP contribution in [0.4, 0.5) is 4.39 Å². The van der Waals surface area contributed by atoms with Crippen molar-refractivity contribution in [1.82, 2.24) is 4.98 Å². The van der Waals surface area contributed by atoms with E-state index in [1.165, 1.54) is 50.6 Å². The topological polar surface area (TPSA) is 65.5 Å². The van der Waals surface area contributed by atoms with E-state index in [2.05, 4.69) is 4.98 Å². The van der Waals surface area contributed by atoms with Crippen molar-refractivity contribution in [3.8, 4) is 22.8 Å². The molecule has 1 heterocycles. The molecular formula is C23H17Cl3FNO4. The molecule has 0 saturated heterocycles. The van der Waals surface area contributed by atoms with Crippen LogP contribution in [0, 0.1) is 5.82 Å². The highest BCUT2D eigenvalue weighted by molar-refractivity contribution is 6.37. The highest BCUT2D eigenvalue weighted by atomic mass is 35.5. The molecule has 0 radical (unpaired) electrons. The van der Waals surface area contributed by atoms with Gasteiger partial charge in [0.05, 0.1) is 29.3 Å². The Morgan fingerprint density at radius 3 is 2.12 bits per heavy atom. The molecule has 3 rings (SSSR count). The average Bonchev–Trinajstić information content (AvgIpc) is 2.78. The van der Waals surface area contributed by atoms with Crippen LogP contribution in [0.2, 0.25) is 15.1 Å². The molecular weight excluding hydrogens is 480 g/mol. The summed E-state index contributed by atoms with van der Waals surface area (Å²) < 4.78 is 23.9. The van der Waals surface area contributed by atoms with Crippen molar-refractivity contribution in [2.75, 3.05) is 14.2 Å². The third-order valence-corrected chi connectivity index (χ3v) is 5.51. The Bertz CT molecular complexity index is 1180. The van der Waals surface area contributed by atoms with Gasteiger partial charge in [-0.2, -0.15) is 0 Å². The molecule has 0 bridgehead atoms. The number of ketones is 2. The Balaban J connectivity index is 1.79. The maximum absolute atomic E-state index is 13.5. The summed E-state index contributed by atoms with van der Waals surface area (Å²) in [4.78, 5) is 29.6. The van der Waals surface area contributed by atoms with E-state index >= 15 is 0 Å². The van der Waals surface area contributed by atoms with Crippen molar-refractivity contribution in [1.29, 1.82) is 0 Å². The monoisotopic (exact) mass is 495 g/mol. The van der Waals surface area contributed by atoms with Crippen LogP contribution < -0.4 is 9.47 Å². The number of carbonyl (C=O) groups is 2. The molecule has 0 saturated carbocycles. The number of methoxy groups -OCH3 is 2. The Labute approximate surface area is 199 Å². The lowest BCUT2D eigenvalue weighted by Crippen LogP contribution is -2.08. The van der Waals surface area contributed by atoms with Gasteiger partial charge in [0.2, 0.25) is 0 Å². The van der Waals surface area contributed by atoms with Gasteiger partial charge in [-0.25, -0.2) is 9.37 Å². The van der Waals surface area contributed by atoms with Gasteiger partial charge in [-0.05, 0) is 42.5 Å². The standard InChI is InChI=1S/C23H17Cl3FNO4/c1-31-21-8-5-18(28-22(21)12-3-4-17(27)14(24)9-12)20(30)7-6-19(29)13-10-15(25)23(32-2)16(26)11-13/h3-5,8-11H,6-7H2,1-2H3. The van der Waals surface area contributed by atoms with Crippen LogP contribution in [0.5, 0.6) is 11.5 Å². The van der Waals surface area contributed by atoms with Crippen LogP contribution in [-0.2, 0) is 0 Å². The van der Waals surface area contributed by atoms with Crippen molar-refractivity contribution in [3.63, 3.8) is 0 Å². The zero-order valence-corrected chi connectivity index (χ0v) is 19.3. The van der Waals surface area contributed by atoms with Crippen LogP contribution in [0.3, 0.4) is 0 Å². The molecule has 32 heavy (non-hydrogen) atoms. The zero-order valence-electron chi connectivity index (χ0n) is 17.0. The molecule has 0 atom stereocenters. The molecule has 0 aliphatic rings. The third-order valence-electron chi connectivity index (χ3n) is 4.66. The third kappa shape index (κ3) is 5.21. The maximum atomic E-state index is 13.5. The first-order chi connectivity index (χ1) is 15.2. The van der Waals surface area contributed by atoms with Crippen LogP contribution in [0.25, 0.3) is 11.3 Å². The van der Waals surface area contributed by atoms with Gasteiger partial charge in [-0.15, -0.1) is 0 Å². The predicted octanol–water partition coefficient (Wildman–Crippen LogP) is 6.71. The van der Waals surface area contributed by atoms with Crippen LogP contribution in [0.15, 0.2) is 42.5 Å². The minimum atomic E-state index is -0.570. The molecule has 0 aliphatic heterocycles. The summed E-state index contributed by atoms with van der Waals surface area (Å²) in [5, 5.41) is 0.327. The lowest BCUT2D eigenvalue weighted by atomic mass is 10.0. The molecule has 0 aliphatic carbocycles. The fraction of sp³-hybridized carbons (Fsp3) is 0.174. The molecule has 0 fully saturated rings. The van der Waals surface area contributed by atoms with E-state index in [9.17, 15) is 14.0 Å². The fourth-order valence-electron chi connectivity index (χ4n) is 3.03. The molecule has 3 aromatic rings.